The third-order valence-corrected chi connectivity index (χ3v) is 5.65. The Morgan fingerprint density at radius 1 is 1.09 bits per heavy atom. The molecule has 3 heteroatoms. The molecule has 0 saturated carbocycles. The summed E-state index contributed by atoms with van der Waals surface area (Å²) in [5, 5.41) is 0. The van der Waals surface area contributed by atoms with Crippen LogP contribution in [-0.4, -0.2) is 43.0 Å². The molecule has 0 radical (unpaired) electrons. The van der Waals surface area contributed by atoms with Gasteiger partial charge in [-0.25, -0.2) is 0 Å². The maximum Gasteiger partial charge on any atom is 0.226 e. The summed E-state index contributed by atoms with van der Waals surface area (Å²) in [6.07, 6.45) is 4.29. The number of likely N-dealkylation sites (tertiary alicyclic amines) is 2. The van der Waals surface area contributed by atoms with Crippen molar-refractivity contribution in [1.29, 1.82) is 0 Å². The number of amides is 1. The van der Waals surface area contributed by atoms with Crippen LogP contribution < -0.4 is 4.90 Å². The van der Waals surface area contributed by atoms with Gasteiger partial charge in [0.1, 0.15) is 0 Å². The summed E-state index contributed by atoms with van der Waals surface area (Å²) in [7, 11) is 0. The lowest BCUT2D eigenvalue weighted by molar-refractivity contribution is -0.938. The van der Waals surface area contributed by atoms with Crippen LogP contribution in [0, 0.1) is 11.8 Å². The molecule has 23 heavy (non-hydrogen) atoms. The van der Waals surface area contributed by atoms with E-state index >= 15 is 0 Å². The van der Waals surface area contributed by atoms with Gasteiger partial charge in [0.15, 0.2) is 0 Å². The number of carbonyl (C=O) groups is 1. The number of hydrogen-bond acceptors (Lipinski definition) is 1. The molecule has 0 bridgehead atoms. The van der Waals surface area contributed by atoms with Gasteiger partial charge in [0.25, 0.3) is 0 Å². The Labute approximate surface area is 140 Å². The van der Waals surface area contributed by atoms with Gasteiger partial charge in [-0.05, 0) is 12.0 Å². The fraction of sp³-hybridized carbons (Fsp3) is 0.650. The highest BCUT2D eigenvalue weighted by Gasteiger charge is 2.34. The molecule has 3 rings (SSSR count). The summed E-state index contributed by atoms with van der Waals surface area (Å²) in [5.41, 5.74) is 1.13. The number of quaternary nitrogens is 1. The number of piperidine rings is 2. The monoisotopic (exact) mass is 315 g/mol. The van der Waals surface area contributed by atoms with Crippen molar-refractivity contribution >= 4 is 5.91 Å². The van der Waals surface area contributed by atoms with E-state index in [0.717, 1.165) is 36.5 Å². The molecule has 3 nitrogen and oxygen atoms in total. The number of carbonyl (C=O) groups excluding carboxylic acids is 1. The molecule has 2 aliphatic heterocycles. The highest BCUT2D eigenvalue weighted by atomic mass is 16.2. The minimum atomic E-state index is 0.296. The summed E-state index contributed by atoms with van der Waals surface area (Å²) in [4.78, 5) is 16.4. The second-order valence-corrected chi connectivity index (χ2v) is 7.83. The minimum Gasteiger partial charge on any atom is -0.342 e. The quantitative estimate of drug-likeness (QED) is 0.903. The summed E-state index contributed by atoms with van der Waals surface area (Å²) >= 11 is 0. The van der Waals surface area contributed by atoms with Crippen LogP contribution in [-0.2, 0) is 11.2 Å². The largest absolute Gasteiger partial charge is 0.342 e. The van der Waals surface area contributed by atoms with Gasteiger partial charge in [-0.3, -0.25) is 4.79 Å². The smallest absolute Gasteiger partial charge is 0.226 e. The highest BCUT2D eigenvalue weighted by Crippen LogP contribution is 2.16. The molecular weight excluding hydrogens is 284 g/mol. The van der Waals surface area contributed by atoms with Crippen molar-refractivity contribution < 1.29 is 9.69 Å². The normalized spacial score (nSPS) is 29.5. The zero-order valence-electron chi connectivity index (χ0n) is 14.6. The van der Waals surface area contributed by atoms with Crippen molar-refractivity contribution in [3.05, 3.63) is 35.9 Å². The van der Waals surface area contributed by atoms with E-state index in [-0.39, 0.29) is 0 Å². The lowest BCUT2D eigenvalue weighted by atomic mass is 9.89. The molecule has 2 atom stereocenters. The first kappa shape index (κ1) is 16.5. The molecule has 0 aliphatic carbocycles. The highest BCUT2D eigenvalue weighted by molar-refractivity contribution is 5.78. The maximum absolute atomic E-state index is 12.5. The predicted octanol–water partition coefficient (Wildman–Crippen LogP) is 1.78. The van der Waals surface area contributed by atoms with E-state index in [1.54, 1.807) is 4.90 Å². The summed E-state index contributed by atoms with van der Waals surface area (Å²) < 4.78 is 0. The molecule has 2 heterocycles. The zero-order chi connectivity index (χ0) is 16.2. The van der Waals surface area contributed by atoms with Crippen molar-refractivity contribution in [3.8, 4) is 0 Å². The van der Waals surface area contributed by atoms with E-state index in [4.69, 9.17) is 0 Å². The summed E-state index contributed by atoms with van der Waals surface area (Å²) in [5.74, 6) is 2.00. The van der Waals surface area contributed by atoms with Crippen LogP contribution in [0.1, 0.15) is 38.7 Å². The fourth-order valence-corrected chi connectivity index (χ4v) is 4.58. The van der Waals surface area contributed by atoms with Crippen molar-refractivity contribution in [2.75, 3.05) is 26.2 Å². The summed E-state index contributed by atoms with van der Waals surface area (Å²) in [6, 6.07) is 10.9. The third-order valence-electron chi connectivity index (χ3n) is 5.65. The molecule has 1 aromatic rings. The number of hydrogen-bond donors (Lipinski definition) is 1. The molecule has 1 aromatic carbocycles. The van der Waals surface area contributed by atoms with E-state index in [2.05, 4.69) is 18.7 Å². The first-order valence-electron chi connectivity index (χ1n) is 9.28. The SMILES string of the molecule is C[C@H]1C[C@H](C)C[NH+](C2CCN(C(=O)Cc3ccccc3)CC2)C1. The molecule has 1 N–H and O–H groups in total. The predicted molar refractivity (Wildman–Crippen MR) is 93.4 cm³/mol. The Balaban J connectivity index is 1.49. The summed E-state index contributed by atoms with van der Waals surface area (Å²) in [6.45, 7) is 9.34. The van der Waals surface area contributed by atoms with Crippen LogP contribution in [0.3, 0.4) is 0 Å². The Morgan fingerprint density at radius 2 is 1.70 bits per heavy atom. The number of nitrogens with one attached hydrogen (secondary N) is 1. The van der Waals surface area contributed by atoms with Crippen molar-refractivity contribution in [1.82, 2.24) is 4.90 Å². The van der Waals surface area contributed by atoms with Crippen LogP contribution in [0.15, 0.2) is 30.3 Å². The van der Waals surface area contributed by atoms with Crippen LogP contribution in [0.25, 0.3) is 0 Å². The van der Waals surface area contributed by atoms with Gasteiger partial charge in [-0.15, -0.1) is 0 Å². The average molecular weight is 315 g/mol. The number of nitrogens with zero attached hydrogens (tertiary/aromatic N) is 1. The van der Waals surface area contributed by atoms with Gasteiger partial charge in [-0.1, -0.05) is 44.2 Å². The van der Waals surface area contributed by atoms with Gasteiger partial charge < -0.3 is 9.80 Å². The van der Waals surface area contributed by atoms with E-state index in [0.29, 0.717) is 12.3 Å². The topological polar surface area (TPSA) is 24.8 Å². The van der Waals surface area contributed by atoms with E-state index in [9.17, 15) is 4.79 Å². The van der Waals surface area contributed by atoms with Crippen LogP contribution >= 0.6 is 0 Å². The van der Waals surface area contributed by atoms with E-state index < -0.39 is 0 Å². The van der Waals surface area contributed by atoms with E-state index in [1.807, 2.05) is 30.3 Å². The van der Waals surface area contributed by atoms with Gasteiger partial charge in [-0.2, -0.15) is 0 Å². The van der Waals surface area contributed by atoms with Gasteiger partial charge in [0, 0.05) is 37.8 Å². The molecule has 2 aliphatic rings. The molecule has 0 spiro atoms. The first-order chi connectivity index (χ1) is 11.1. The molecule has 1 amide bonds. The standard InChI is InChI=1S/C20H30N2O/c1-16-12-17(2)15-22(14-16)19-8-10-21(11-9-19)20(23)13-18-6-4-3-5-7-18/h3-7,16-17,19H,8-15H2,1-2H3/p+1/t16-,17-/m0/s1. The molecular formula is C20H31N2O+. The first-order valence-corrected chi connectivity index (χ1v) is 9.28. The molecule has 2 saturated heterocycles. The van der Waals surface area contributed by atoms with E-state index in [1.165, 1.54) is 32.4 Å². The van der Waals surface area contributed by atoms with Gasteiger partial charge in [0.2, 0.25) is 5.91 Å². The van der Waals surface area contributed by atoms with Crippen LogP contribution in [0.4, 0.5) is 0 Å². The maximum atomic E-state index is 12.5. The molecule has 126 valence electrons. The Bertz CT molecular complexity index is 498. The minimum absolute atomic E-state index is 0.296. The van der Waals surface area contributed by atoms with Crippen molar-refractivity contribution in [3.63, 3.8) is 0 Å². The second-order valence-electron chi connectivity index (χ2n) is 7.83. The number of rotatable bonds is 3. The molecule has 2 fully saturated rings. The Morgan fingerprint density at radius 3 is 2.30 bits per heavy atom. The lowest BCUT2D eigenvalue weighted by Crippen LogP contribution is -3.18. The zero-order valence-corrected chi connectivity index (χ0v) is 14.6. The van der Waals surface area contributed by atoms with Gasteiger partial charge in [0.05, 0.1) is 25.6 Å². The fourth-order valence-electron chi connectivity index (χ4n) is 4.58. The lowest BCUT2D eigenvalue weighted by Gasteiger charge is -2.41. The second kappa shape index (κ2) is 7.48. The van der Waals surface area contributed by atoms with Crippen molar-refractivity contribution in [2.24, 2.45) is 11.8 Å². The molecule has 0 unspecified atom stereocenters. The Kier molecular flexibility index (Phi) is 5.37. The number of benzene rings is 1. The third kappa shape index (κ3) is 4.35. The molecule has 0 aromatic heterocycles. The van der Waals surface area contributed by atoms with Gasteiger partial charge >= 0.3 is 0 Å². The average Bonchev–Trinajstić information content (AvgIpc) is 2.55. The van der Waals surface area contributed by atoms with Crippen LogP contribution in [0.2, 0.25) is 0 Å². The van der Waals surface area contributed by atoms with Crippen molar-refractivity contribution in [2.45, 2.75) is 45.6 Å². The van der Waals surface area contributed by atoms with Crippen LogP contribution in [0.5, 0.6) is 0 Å². The Hall–Kier alpha value is -1.35.